The number of rotatable bonds is 4. The molecule has 1 aliphatic rings. The zero-order chi connectivity index (χ0) is 13.9. The molecule has 0 amide bonds. The molecule has 0 aromatic heterocycles. The summed E-state index contributed by atoms with van der Waals surface area (Å²) in [4.78, 5) is 0. The minimum absolute atomic E-state index is 0.315. The first-order valence-electron chi connectivity index (χ1n) is 6.95. The molecule has 1 N–H and O–H groups in total. The summed E-state index contributed by atoms with van der Waals surface area (Å²) in [7, 11) is 0. The van der Waals surface area contributed by atoms with Gasteiger partial charge in [-0.1, -0.05) is 38.1 Å². The summed E-state index contributed by atoms with van der Waals surface area (Å²) >= 11 is 0. The fourth-order valence-electron chi connectivity index (χ4n) is 2.23. The third-order valence-corrected chi connectivity index (χ3v) is 3.52. The van der Waals surface area contributed by atoms with E-state index in [1.807, 2.05) is 18.2 Å². The van der Waals surface area contributed by atoms with E-state index in [1.165, 1.54) is 11.1 Å². The molecule has 20 heavy (non-hydrogen) atoms. The van der Waals surface area contributed by atoms with E-state index in [0.29, 0.717) is 12.7 Å². The molecular weight excluding hydrogens is 250 g/mol. The molecule has 0 fully saturated rings. The summed E-state index contributed by atoms with van der Waals surface area (Å²) < 4.78 is 10.7. The molecule has 0 saturated carbocycles. The summed E-state index contributed by atoms with van der Waals surface area (Å²) in [6.45, 7) is 5.53. The Balaban J connectivity index is 1.64. The van der Waals surface area contributed by atoms with Crippen molar-refractivity contribution in [1.29, 1.82) is 0 Å². The van der Waals surface area contributed by atoms with Crippen LogP contribution in [0.5, 0.6) is 11.5 Å². The van der Waals surface area contributed by atoms with E-state index in [1.54, 1.807) is 0 Å². The Hall–Kier alpha value is -2.16. The van der Waals surface area contributed by atoms with E-state index in [4.69, 9.17) is 9.47 Å². The Kier molecular flexibility index (Phi) is 3.50. The van der Waals surface area contributed by atoms with Gasteiger partial charge in [-0.15, -0.1) is 0 Å². The zero-order valence-corrected chi connectivity index (χ0v) is 11.8. The number of anilines is 1. The van der Waals surface area contributed by atoms with Crippen LogP contribution in [0.25, 0.3) is 0 Å². The predicted molar refractivity (Wildman–Crippen MR) is 80.4 cm³/mol. The minimum Gasteiger partial charge on any atom is -0.454 e. The zero-order valence-electron chi connectivity index (χ0n) is 11.8. The van der Waals surface area contributed by atoms with Gasteiger partial charge in [0.25, 0.3) is 0 Å². The molecule has 0 bridgehead atoms. The van der Waals surface area contributed by atoms with E-state index in [9.17, 15) is 0 Å². The number of fused-ring (bicyclic) bond motifs is 1. The highest BCUT2D eigenvalue weighted by atomic mass is 16.7. The maximum atomic E-state index is 5.37. The first-order valence-corrected chi connectivity index (χ1v) is 6.95. The second-order valence-corrected chi connectivity index (χ2v) is 5.32. The van der Waals surface area contributed by atoms with Gasteiger partial charge < -0.3 is 14.8 Å². The van der Waals surface area contributed by atoms with Gasteiger partial charge in [0.2, 0.25) is 6.79 Å². The van der Waals surface area contributed by atoms with Gasteiger partial charge in [-0.05, 0) is 29.2 Å². The quantitative estimate of drug-likeness (QED) is 0.904. The monoisotopic (exact) mass is 269 g/mol. The van der Waals surface area contributed by atoms with Crippen LogP contribution in [-0.4, -0.2) is 6.79 Å². The van der Waals surface area contributed by atoms with Gasteiger partial charge in [0, 0.05) is 18.3 Å². The molecule has 0 unspecified atom stereocenters. The highest BCUT2D eigenvalue weighted by Crippen LogP contribution is 2.34. The molecule has 0 atom stereocenters. The molecule has 3 nitrogen and oxygen atoms in total. The second kappa shape index (κ2) is 5.45. The smallest absolute Gasteiger partial charge is 0.231 e. The van der Waals surface area contributed by atoms with Crippen molar-refractivity contribution in [3.8, 4) is 11.5 Å². The van der Waals surface area contributed by atoms with Crippen molar-refractivity contribution in [1.82, 2.24) is 0 Å². The molecule has 3 rings (SSSR count). The standard InChI is InChI=1S/C17H19NO2/c1-12(2)14-5-3-13(4-6-14)10-18-15-7-8-16-17(9-15)20-11-19-16/h3-9,12,18H,10-11H2,1-2H3. The number of hydrogen-bond donors (Lipinski definition) is 1. The van der Waals surface area contributed by atoms with Gasteiger partial charge in [-0.3, -0.25) is 0 Å². The molecular formula is C17H19NO2. The lowest BCUT2D eigenvalue weighted by molar-refractivity contribution is 0.174. The van der Waals surface area contributed by atoms with E-state index in [0.717, 1.165) is 23.7 Å². The Bertz CT molecular complexity index is 590. The molecule has 0 aliphatic carbocycles. The van der Waals surface area contributed by atoms with Gasteiger partial charge in [-0.25, -0.2) is 0 Å². The lowest BCUT2D eigenvalue weighted by Crippen LogP contribution is -1.99. The average molecular weight is 269 g/mol. The fourth-order valence-corrected chi connectivity index (χ4v) is 2.23. The van der Waals surface area contributed by atoms with Crippen LogP contribution < -0.4 is 14.8 Å². The third kappa shape index (κ3) is 2.72. The summed E-state index contributed by atoms with van der Waals surface area (Å²) in [6, 6.07) is 14.7. The van der Waals surface area contributed by atoms with Crippen LogP contribution in [0.4, 0.5) is 5.69 Å². The second-order valence-electron chi connectivity index (χ2n) is 5.32. The summed E-state index contributed by atoms with van der Waals surface area (Å²) in [5, 5.41) is 3.40. The molecule has 3 heteroatoms. The van der Waals surface area contributed by atoms with Crippen LogP contribution >= 0.6 is 0 Å². The topological polar surface area (TPSA) is 30.5 Å². The first-order chi connectivity index (χ1) is 9.72. The van der Waals surface area contributed by atoms with Crippen LogP contribution in [0.1, 0.15) is 30.9 Å². The lowest BCUT2D eigenvalue weighted by atomic mass is 10.0. The number of nitrogens with one attached hydrogen (secondary N) is 1. The van der Waals surface area contributed by atoms with Crippen LogP contribution in [0.15, 0.2) is 42.5 Å². The number of ether oxygens (including phenoxy) is 2. The Morgan fingerprint density at radius 2 is 1.75 bits per heavy atom. The van der Waals surface area contributed by atoms with Crippen molar-refractivity contribution < 1.29 is 9.47 Å². The van der Waals surface area contributed by atoms with Crippen molar-refractivity contribution in [3.63, 3.8) is 0 Å². The highest BCUT2D eigenvalue weighted by Gasteiger charge is 2.12. The summed E-state index contributed by atoms with van der Waals surface area (Å²) in [6.07, 6.45) is 0. The van der Waals surface area contributed by atoms with Crippen molar-refractivity contribution in [2.24, 2.45) is 0 Å². The maximum Gasteiger partial charge on any atom is 0.231 e. The van der Waals surface area contributed by atoms with E-state index >= 15 is 0 Å². The third-order valence-electron chi connectivity index (χ3n) is 3.52. The molecule has 0 radical (unpaired) electrons. The molecule has 104 valence electrons. The van der Waals surface area contributed by atoms with E-state index < -0.39 is 0 Å². The normalized spacial score (nSPS) is 12.8. The Labute approximate surface area is 119 Å². The van der Waals surface area contributed by atoms with Gasteiger partial charge in [-0.2, -0.15) is 0 Å². The molecule has 2 aromatic carbocycles. The fraction of sp³-hybridized carbons (Fsp3) is 0.294. The Morgan fingerprint density at radius 3 is 2.50 bits per heavy atom. The number of hydrogen-bond acceptors (Lipinski definition) is 3. The average Bonchev–Trinajstić information content (AvgIpc) is 2.93. The SMILES string of the molecule is CC(C)c1ccc(CNc2ccc3c(c2)OCO3)cc1. The summed E-state index contributed by atoms with van der Waals surface area (Å²) in [5.74, 6) is 2.20. The minimum atomic E-state index is 0.315. The molecule has 1 aliphatic heterocycles. The van der Waals surface area contributed by atoms with Gasteiger partial charge in [0.15, 0.2) is 11.5 Å². The molecule has 0 spiro atoms. The van der Waals surface area contributed by atoms with Crippen molar-refractivity contribution >= 4 is 5.69 Å². The van der Waals surface area contributed by atoms with Gasteiger partial charge >= 0.3 is 0 Å². The van der Waals surface area contributed by atoms with Crippen molar-refractivity contribution in [3.05, 3.63) is 53.6 Å². The van der Waals surface area contributed by atoms with Crippen molar-refractivity contribution in [2.75, 3.05) is 12.1 Å². The molecule has 0 saturated heterocycles. The van der Waals surface area contributed by atoms with Gasteiger partial charge in [0.1, 0.15) is 0 Å². The molecule has 2 aromatic rings. The van der Waals surface area contributed by atoms with E-state index in [2.05, 4.69) is 43.4 Å². The first kappa shape index (κ1) is 12.9. The number of benzene rings is 2. The van der Waals surface area contributed by atoms with Gasteiger partial charge in [0.05, 0.1) is 0 Å². The Morgan fingerprint density at radius 1 is 1.00 bits per heavy atom. The largest absolute Gasteiger partial charge is 0.454 e. The van der Waals surface area contributed by atoms with Crippen LogP contribution in [0, 0.1) is 0 Å². The van der Waals surface area contributed by atoms with Crippen molar-refractivity contribution in [2.45, 2.75) is 26.3 Å². The van der Waals surface area contributed by atoms with Crippen LogP contribution in [0.3, 0.4) is 0 Å². The van der Waals surface area contributed by atoms with Crippen LogP contribution in [0.2, 0.25) is 0 Å². The summed E-state index contributed by atoms with van der Waals surface area (Å²) in [5.41, 5.74) is 3.69. The lowest BCUT2D eigenvalue weighted by Gasteiger charge is -2.09. The molecule has 1 heterocycles. The maximum absolute atomic E-state index is 5.37. The predicted octanol–water partition coefficient (Wildman–Crippen LogP) is 4.15. The van der Waals surface area contributed by atoms with E-state index in [-0.39, 0.29) is 0 Å². The van der Waals surface area contributed by atoms with Crippen LogP contribution in [-0.2, 0) is 6.54 Å². The highest BCUT2D eigenvalue weighted by molar-refractivity contribution is 5.55.